The smallest absolute Gasteiger partial charge is 0.133 e. The Labute approximate surface area is 119 Å². The predicted octanol–water partition coefficient (Wildman–Crippen LogP) is 2.54. The first kappa shape index (κ1) is 15.5. The van der Waals surface area contributed by atoms with Gasteiger partial charge in [-0.2, -0.15) is 0 Å². The van der Waals surface area contributed by atoms with Crippen LogP contribution in [0.4, 0.5) is 0 Å². The molecule has 1 atom stereocenters. The van der Waals surface area contributed by atoms with Gasteiger partial charge in [-0.05, 0) is 74.2 Å². The quantitative estimate of drug-likeness (QED) is 0.837. The zero-order chi connectivity index (χ0) is 13.5. The molecule has 0 saturated heterocycles. The van der Waals surface area contributed by atoms with Crippen LogP contribution in [0.3, 0.4) is 0 Å². The van der Waals surface area contributed by atoms with Crippen molar-refractivity contribution in [2.24, 2.45) is 0 Å². The molecule has 0 heterocycles. The highest BCUT2D eigenvalue weighted by Crippen LogP contribution is 2.26. The van der Waals surface area contributed by atoms with E-state index in [0.717, 1.165) is 29.6 Å². The Bertz CT molecular complexity index is 369. The molecule has 0 fully saturated rings. The second-order valence-electron chi connectivity index (χ2n) is 4.75. The minimum atomic E-state index is 0.507. The Hall–Kier alpha value is -0.580. The van der Waals surface area contributed by atoms with Crippen LogP contribution in [0.1, 0.15) is 12.0 Å². The summed E-state index contributed by atoms with van der Waals surface area (Å²) in [6, 6.07) is 6.79. The number of likely N-dealkylation sites (N-methyl/N-ethyl adjacent to an activating group) is 1. The monoisotopic (exact) mass is 314 g/mol. The van der Waals surface area contributed by atoms with Gasteiger partial charge in [0.15, 0.2) is 0 Å². The van der Waals surface area contributed by atoms with E-state index in [1.54, 1.807) is 7.11 Å². The number of methoxy groups -OCH3 is 1. The second-order valence-corrected chi connectivity index (χ2v) is 5.60. The molecular formula is C14H23BrN2O. The molecule has 0 aromatic heterocycles. The lowest BCUT2D eigenvalue weighted by atomic mass is 10.0. The molecule has 0 spiro atoms. The lowest BCUT2D eigenvalue weighted by Crippen LogP contribution is -2.31. The van der Waals surface area contributed by atoms with Gasteiger partial charge in [0.05, 0.1) is 11.6 Å². The molecule has 0 amide bonds. The van der Waals surface area contributed by atoms with Crippen LogP contribution in [-0.4, -0.2) is 45.7 Å². The molecule has 1 aromatic rings. The van der Waals surface area contributed by atoms with Crippen molar-refractivity contribution in [1.29, 1.82) is 0 Å². The third-order valence-electron chi connectivity index (χ3n) is 3.03. The summed E-state index contributed by atoms with van der Waals surface area (Å²) < 4.78 is 6.26. The number of nitrogens with one attached hydrogen (secondary N) is 1. The van der Waals surface area contributed by atoms with Crippen molar-refractivity contribution in [3.05, 3.63) is 28.2 Å². The molecule has 0 aliphatic heterocycles. The summed E-state index contributed by atoms with van der Waals surface area (Å²) in [4.78, 5) is 2.22. The summed E-state index contributed by atoms with van der Waals surface area (Å²) in [5.41, 5.74) is 1.32. The Morgan fingerprint density at radius 2 is 2.11 bits per heavy atom. The number of hydrogen-bond donors (Lipinski definition) is 1. The molecule has 3 nitrogen and oxygen atoms in total. The summed E-state index contributed by atoms with van der Waals surface area (Å²) in [7, 11) is 7.93. The molecule has 0 aliphatic carbocycles. The maximum absolute atomic E-state index is 5.24. The SMILES string of the molecule is CNC(CCN(C)C)Cc1ccc(OC)c(Br)c1. The minimum absolute atomic E-state index is 0.507. The van der Waals surface area contributed by atoms with E-state index in [1.165, 1.54) is 5.56 Å². The third-order valence-corrected chi connectivity index (χ3v) is 3.65. The van der Waals surface area contributed by atoms with E-state index >= 15 is 0 Å². The number of nitrogens with zero attached hydrogens (tertiary/aromatic N) is 1. The van der Waals surface area contributed by atoms with Crippen molar-refractivity contribution in [2.75, 3.05) is 34.8 Å². The van der Waals surface area contributed by atoms with Gasteiger partial charge in [-0.15, -0.1) is 0 Å². The molecular weight excluding hydrogens is 292 g/mol. The molecule has 1 unspecified atom stereocenters. The van der Waals surface area contributed by atoms with Gasteiger partial charge in [0, 0.05) is 6.04 Å². The average Bonchev–Trinajstić information content (AvgIpc) is 2.34. The molecule has 0 aliphatic rings. The summed E-state index contributed by atoms with van der Waals surface area (Å²) in [5, 5.41) is 3.38. The van der Waals surface area contributed by atoms with E-state index in [0.29, 0.717) is 6.04 Å². The minimum Gasteiger partial charge on any atom is -0.496 e. The third kappa shape index (κ3) is 4.96. The molecule has 4 heteroatoms. The van der Waals surface area contributed by atoms with Crippen LogP contribution in [0.25, 0.3) is 0 Å². The van der Waals surface area contributed by atoms with Gasteiger partial charge in [-0.1, -0.05) is 6.07 Å². The Morgan fingerprint density at radius 3 is 2.61 bits per heavy atom. The number of rotatable bonds is 7. The van der Waals surface area contributed by atoms with E-state index in [-0.39, 0.29) is 0 Å². The molecule has 0 bridgehead atoms. The highest BCUT2D eigenvalue weighted by atomic mass is 79.9. The normalized spacial score (nSPS) is 12.8. The van der Waals surface area contributed by atoms with Gasteiger partial charge in [0.2, 0.25) is 0 Å². The molecule has 18 heavy (non-hydrogen) atoms. The van der Waals surface area contributed by atoms with Crippen molar-refractivity contribution < 1.29 is 4.74 Å². The van der Waals surface area contributed by atoms with Crippen molar-refractivity contribution in [2.45, 2.75) is 18.9 Å². The first-order valence-electron chi connectivity index (χ1n) is 6.21. The highest BCUT2D eigenvalue weighted by molar-refractivity contribution is 9.10. The van der Waals surface area contributed by atoms with Crippen molar-refractivity contribution in [3.8, 4) is 5.75 Å². The Kier molecular flexibility index (Phi) is 6.68. The van der Waals surface area contributed by atoms with Crippen LogP contribution in [0.5, 0.6) is 5.75 Å². The number of ether oxygens (including phenoxy) is 1. The predicted molar refractivity (Wildman–Crippen MR) is 80.4 cm³/mol. The van der Waals surface area contributed by atoms with Crippen LogP contribution in [0, 0.1) is 0 Å². The van der Waals surface area contributed by atoms with Crippen molar-refractivity contribution in [1.82, 2.24) is 10.2 Å². The van der Waals surface area contributed by atoms with Crippen LogP contribution in [-0.2, 0) is 6.42 Å². The molecule has 102 valence electrons. The number of halogens is 1. The van der Waals surface area contributed by atoms with Crippen LogP contribution >= 0.6 is 15.9 Å². The van der Waals surface area contributed by atoms with Gasteiger partial charge < -0.3 is 15.0 Å². The van der Waals surface area contributed by atoms with E-state index in [2.05, 4.69) is 52.4 Å². The lowest BCUT2D eigenvalue weighted by Gasteiger charge is -2.19. The van der Waals surface area contributed by atoms with Crippen LogP contribution in [0.2, 0.25) is 0 Å². The van der Waals surface area contributed by atoms with E-state index < -0.39 is 0 Å². The van der Waals surface area contributed by atoms with Crippen LogP contribution in [0.15, 0.2) is 22.7 Å². The first-order chi connectivity index (χ1) is 8.56. The first-order valence-corrected chi connectivity index (χ1v) is 7.00. The highest BCUT2D eigenvalue weighted by Gasteiger charge is 2.09. The molecule has 1 aromatic carbocycles. The largest absolute Gasteiger partial charge is 0.496 e. The van der Waals surface area contributed by atoms with Gasteiger partial charge >= 0.3 is 0 Å². The van der Waals surface area contributed by atoms with Gasteiger partial charge in [0.25, 0.3) is 0 Å². The summed E-state index contributed by atoms with van der Waals surface area (Å²) in [5.74, 6) is 0.882. The number of hydrogen-bond acceptors (Lipinski definition) is 3. The van der Waals surface area contributed by atoms with Crippen molar-refractivity contribution in [3.63, 3.8) is 0 Å². The van der Waals surface area contributed by atoms with Gasteiger partial charge in [-0.25, -0.2) is 0 Å². The molecule has 0 radical (unpaired) electrons. The molecule has 1 N–H and O–H groups in total. The summed E-state index contributed by atoms with van der Waals surface area (Å²) in [6.45, 7) is 1.10. The molecule has 1 rings (SSSR count). The fourth-order valence-electron chi connectivity index (χ4n) is 1.88. The summed E-state index contributed by atoms with van der Waals surface area (Å²) >= 11 is 3.53. The molecule has 0 saturated carbocycles. The standard InChI is InChI=1S/C14H23BrN2O/c1-16-12(7-8-17(2)3)9-11-5-6-14(18-4)13(15)10-11/h5-6,10,12,16H,7-9H2,1-4H3. The van der Waals surface area contributed by atoms with E-state index in [4.69, 9.17) is 4.74 Å². The number of benzene rings is 1. The lowest BCUT2D eigenvalue weighted by molar-refractivity contribution is 0.364. The van der Waals surface area contributed by atoms with Crippen molar-refractivity contribution >= 4 is 15.9 Å². The van der Waals surface area contributed by atoms with Crippen LogP contribution < -0.4 is 10.1 Å². The average molecular weight is 315 g/mol. The maximum atomic E-state index is 5.24. The Balaban J connectivity index is 2.61. The zero-order valence-corrected chi connectivity index (χ0v) is 13.3. The zero-order valence-electron chi connectivity index (χ0n) is 11.7. The second kappa shape index (κ2) is 7.77. The summed E-state index contributed by atoms with van der Waals surface area (Å²) in [6.07, 6.45) is 2.18. The topological polar surface area (TPSA) is 24.5 Å². The maximum Gasteiger partial charge on any atom is 0.133 e. The van der Waals surface area contributed by atoms with Gasteiger partial charge in [-0.3, -0.25) is 0 Å². The fraction of sp³-hybridized carbons (Fsp3) is 0.571. The van der Waals surface area contributed by atoms with Gasteiger partial charge in [0.1, 0.15) is 5.75 Å². The van der Waals surface area contributed by atoms with E-state index in [1.807, 2.05) is 13.1 Å². The fourth-order valence-corrected chi connectivity index (χ4v) is 2.47. The van der Waals surface area contributed by atoms with E-state index in [9.17, 15) is 0 Å². The Morgan fingerprint density at radius 1 is 1.39 bits per heavy atom.